The Morgan fingerprint density at radius 3 is 2.13 bits per heavy atom. The number of amides is 5. The van der Waals surface area contributed by atoms with E-state index in [1.54, 1.807) is 0 Å². The highest BCUT2D eigenvalue weighted by Gasteiger charge is 2.70. The SMILES string of the molecule is C=CCNC(=O)C(=O)C(CCC)NC(=O)[C@@H]1[C@@H]2[C@H](CN1C(=O)[C@@H](NC(=O)N[C@H](C(=O)OC(C)(C)C1CC1)C(C)C)C(C)(C)C)C2(C)C. The molecular weight excluding hydrogens is 602 g/mol. The van der Waals surface area contributed by atoms with Crippen LogP contribution in [0.25, 0.3) is 0 Å². The number of likely N-dealkylation sites (tertiary alicyclic amines) is 1. The van der Waals surface area contributed by atoms with E-state index in [0.717, 1.165) is 12.8 Å². The fraction of sp³-hybridized carbons (Fsp3) is 0.771. The van der Waals surface area contributed by atoms with Crippen molar-refractivity contribution in [2.75, 3.05) is 13.1 Å². The molecule has 0 spiro atoms. The van der Waals surface area contributed by atoms with Crippen LogP contribution in [0, 0.1) is 34.5 Å². The number of ketones is 1. The fourth-order valence-electron chi connectivity index (χ4n) is 6.85. The van der Waals surface area contributed by atoms with Gasteiger partial charge in [-0.1, -0.05) is 67.9 Å². The van der Waals surface area contributed by atoms with E-state index >= 15 is 0 Å². The minimum Gasteiger partial charge on any atom is -0.458 e. The van der Waals surface area contributed by atoms with Crippen molar-refractivity contribution >= 4 is 35.5 Å². The van der Waals surface area contributed by atoms with E-state index in [2.05, 4.69) is 27.8 Å². The summed E-state index contributed by atoms with van der Waals surface area (Å²) in [6, 6.07) is -4.59. The number of nitrogens with zero attached hydrogens (tertiary/aromatic N) is 1. The van der Waals surface area contributed by atoms with Gasteiger partial charge in [-0.15, -0.1) is 6.58 Å². The largest absolute Gasteiger partial charge is 0.458 e. The lowest BCUT2D eigenvalue weighted by molar-refractivity contribution is -0.162. The number of esters is 1. The maximum Gasteiger partial charge on any atom is 0.329 e. The van der Waals surface area contributed by atoms with Crippen molar-refractivity contribution in [2.24, 2.45) is 34.5 Å². The zero-order valence-electron chi connectivity index (χ0n) is 30.0. The van der Waals surface area contributed by atoms with Crippen molar-refractivity contribution in [1.29, 1.82) is 0 Å². The summed E-state index contributed by atoms with van der Waals surface area (Å²) in [5.74, 6) is -3.10. The number of nitrogens with one attached hydrogen (secondary N) is 4. The summed E-state index contributed by atoms with van der Waals surface area (Å²) in [6.45, 7) is 22.7. The molecule has 2 saturated carbocycles. The zero-order valence-corrected chi connectivity index (χ0v) is 30.0. The molecule has 0 radical (unpaired) electrons. The minimum atomic E-state index is -1.05. The second-order valence-electron chi connectivity index (χ2n) is 16.0. The third-order valence-electron chi connectivity index (χ3n) is 10.1. The molecule has 0 aromatic rings. The average Bonchev–Trinajstić information content (AvgIpc) is 3.85. The molecule has 1 unspecified atom stereocenters. The smallest absolute Gasteiger partial charge is 0.329 e. The highest BCUT2D eigenvalue weighted by molar-refractivity contribution is 6.38. The van der Waals surface area contributed by atoms with Crippen LogP contribution in [-0.2, 0) is 28.7 Å². The second-order valence-corrected chi connectivity index (χ2v) is 16.0. The maximum absolute atomic E-state index is 14.3. The van der Waals surface area contributed by atoms with Crippen molar-refractivity contribution in [2.45, 2.75) is 125 Å². The van der Waals surface area contributed by atoms with Gasteiger partial charge < -0.3 is 30.9 Å². The van der Waals surface area contributed by atoms with E-state index in [-0.39, 0.29) is 36.1 Å². The number of Topliss-reactive ketones (excluding diaryl/α,β-unsaturated/α-hetero) is 1. The van der Waals surface area contributed by atoms with Gasteiger partial charge in [-0.3, -0.25) is 19.2 Å². The van der Waals surface area contributed by atoms with Crippen LogP contribution in [0.1, 0.15) is 94.9 Å². The molecular formula is C35H57N5O7. The standard InChI is InChI=1S/C35H57N5O7/c1-12-14-22(26(41)29(43)36-17-13-2)37-28(42)25-23-21(34(23,8)9)18-40(25)30(44)27(33(5,6)7)39-32(46)38-24(19(3)4)31(45)47-35(10,11)20-15-16-20/h13,19-25,27H,2,12,14-18H2,1,3-11H3,(H,36,43)(H,37,42)(H2,38,39,46)/t21-,22?,23-,24-,25-,27+/m0/s1. The Labute approximate surface area is 279 Å². The van der Waals surface area contributed by atoms with Crippen LogP contribution < -0.4 is 21.3 Å². The Kier molecular flexibility index (Phi) is 11.6. The Balaban J connectivity index is 1.79. The first-order chi connectivity index (χ1) is 21.7. The number of ether oxygens (including phenoxy) is 1. The van der Waals surface area contributed by atoms with E-state index in [0.29, 0.717) is 18.9 Å². The number of carbonyl (C=O) groups is 6. The highest BCUT2D eigenvalue weighted by atomic mass is 16.6. The molecule has 3 fully saturated rings. The van der Waals surface area contributed by atoms with E-state index in [4.69, 9.17) is 4.74 Å². The van der Waals surface area contributed by atoms with Crippen LogP contribution >= 0.6 is 0 Å². The average molecular weight is 660 g/mol. The molecule has 4 N–H and O–H groups in total. The van der Waals surface area contributed by atoms with Gasteiger partial charge in [0.25, 0.3) is 5.91 Å². The summed E-state index contributed by atoms with van der Waals surface area (Å²) in [6.07, 6.45) is 4.24. The van der Waals surface area contributed by atoms with Gasteiger partial charge in [0.1, 0.15) is 23.7 Å². The molecule has 0 aromatic carbocycles. The Morgan fingerprint density at radius 1 is 1.00 bits per heavy atom. The molecule has 2 aliphatic carbocycles. The normalized spacial score (nSPS) is 23.5. The van der Waals surface area contributed by atoms with Gasteiger partial charge in [0.2, 0.25) is 17.6 Å². The summed E-state index contributed by atoms with van der Waals surface area (Å²) in [5.41, 5.74) is -1.60. The van der Waals surface area contributed by atoms with Crippen molar-refractivity contribution < 1.29 is 33.5 Å². The van der Waals surface area contributed by atoms with E-state index in [1.165, 1.54) is 11.0 Å². The van der Waals surface area contributed by atoms with Crippen LogP contribution in [0.15, 0.2) is 12.7 Å². The van der Waals surface area contributed by atoms with E-state index in [1.807, 2.05) is 69.2 Å². The van der Waals surface area contributed by atoms with Gasteiger partial charge in [-0.25, -0.2) is 9.59 Å². The van der Waals surface area contributed by atoms with Crippen molar-refractivity contribution in [3.8, 4) is 0 Å². The Bertz CT molecular complexity index is 1250. The minimum absolute atomic E-state index is 0.0581. The molecule has 1 heterocycles. The number of rotatable bonds is 15. The summed E-state index contributed by atoms with van der Waals surface area (Å²) in [5, 5.41) is 10.8. The first kappa shape index (κ1) is 38.0. The summed E-state index contributed by atoms with van der Waals surface area (Å²) >= 11 is 0. The van der Waals surface area contributed by atoms with Crippen molar-refractivity contribution in [3.05, 3.63) is 12.7 Å². The number of hydrogen-bond acceptors (Lipinski definition) is 7. The number of hydrogen-bond donors (Lipinski definition) is 4. The molecule has 12 nitrogen and oxygen atoms in total. The molecule has 264 valence electrons. The summed E-state index contributed by atoms with van der Waals surface area (Å²) in [4.78, 5) is 81.7. The van der Waals surface area contributed by atoms with Crippen molar-refractivity contribution in [3.63, 3.8) is 0 Å². The second kappa shape index (κ2) is 14.4. The van der Waals surface area contributed by atoms with Crippen molar-refractivity contribution in [1.82, 2.24) is 26.2 Å². The zero-order chi connectivity index (χ0) is 35.6. The van der Waals surface area contributed by atoms with Gasteiger partial charge >= 0.3 is 12.0 Å². The molecule has 0 bridgehead atoms. The molecule has 3 aliphatic rings. The van der Waals surface area contributed by atoms with Crippen LogP contribution in [-0.4, -0.2) is 83.3 Å². The molecule has 12 heteroatoms. The first-order valence-electron chi connectivity index (χ1n) is 17.0. The third-order valence-corrected chi connectivity index (χ3v) is 10.1. The topological polar surface area (TPSA) is 163 Å². The summed E-state index contributed by atoms with van der Waals surface area (Å²) < 4.78 is 5.81. The number of urea groups is 1. The molecule has 3 rings (SSSR count). The molecule has 47 heavy (non-hydrogen) atoms. The van der Waals surface area contributed by atoms with Gasteiger partial charge in [0, 0.05) is 13.1 Å². The van der Waals surface area contributed by atoms with Gasteiger partial charge in [-0.2, -0.15) is 0 Å². The quantitative estimate of drug-likeness (QED) is 0.119. The van der Waals surface area contributed by atoms with Gasteiger partial charge in [0.15, 0.2) is 0 Å². The lowest BCUT2D eigenvalue weighted by Gasteiger charge is -2.38. The molecule has 0 aromatic heterocycles. The Morgan fingerprint density at radius 2 is 1.62 bits per heavy atom. The monoisotopic (exact) mass is 659 g/mol. The van der Waals surface area contributed by atoms with Crippen LogP contribution in [0.4, 0.5) is 4.79 Å². The lowest BCUT2D eigenvalue weighted by Crippen LogP contribution is -2.62. The predicted molar refractivity (Wildman–Crippen MR) is 178 cm³/mol. The Hall–Kier alpha value is -3.44. The number of carbonyl (C=O) groups excluding carboxylic acids is 6. The fourth-order valence-corrected chi connectivity index (χ4v) is 6.85. The molecule has 1 saturated heterocycles. The predicted octanol–water partition coefficient (Wildman–Crippen LogP) is 3.10. The maximum atomic E-state index is 14.3. The number of fused-ring (bicyclic) bond motifs is 1. The first-order valence-corrected chi connectivity index (χ1v) is 17.0. The number of piperidine rings is 1. The van der Waals surface area contributed by atoms with E-state index < -0.39 is 70.7 Å². The van der Waals surface area contributed by atoms with Crippen LogP contribution in [0.5, 0.6) is 0 Å². The van der Waals surface area contributed by atoms with Crippen LogP contribution in [0.3, 0.4) is 0 Å². The molecule has 6 atom stereocenters. The third kappa shape index (κ3) is 8.73. The van der Waals surface area contributed by atoms with Gasteiger partial charge in [-0.05, 0) is 67.6 Å². The van der Waals surface area contributed by atoms with E-state index in [9.17, 15) is 28.8 Å². The molecule has 5 amide bonds. The summed E-state index contributed by atoms with van der Waals surface area (Å²) in [7, 11) is 0. The lowest BCUT2D eigenvalue weighted by atomic mass is 9.85. The molecule has 1 aliphatic heterocycles. The van der Waals surface area contributed by atoms with Crippen LogP contribution in [0.2, 0.25) is 0 Å². The highest BCUT2D eigenvalue weighted by Crippen LogP contribution is 2.65. The van der Waals surface area contributed by atoms with Gasteiger partial charge in [0.05, 0.1) is 6.04 Å².